The van der Waals surface area contributed by atoms with Crippen molar-refractivity contribution in [2.75, 3.05) is 58.9 Å². The molecule has 0 radical (unpaired) electrons. The van der Waals surface area contributed by atoms with Gasteiger partial charge in [0.15, 0.2) is 0 Å². The van der Waals surface area contributed by atoms with Gasteiger partial charge in [-0.25, -0.2) is 24.0 Å². The van der Waals surface area contributed by atoms with Gasteiger partial charge in [-0.15, -0.1) is 0 Å². The molecule has 0 aliphatic rings. The van der Waals surface area contributed by atoms with Gasteiger partial charge in [0.05, 0.1) is 0 Å². The lowest BCUT2D eigenvalue weighted by Crippen LogP contribution is -2.43. The Morgan fingerprint density at radius 3 is 0.783 bits per heavy atom. The molecule has 0 aromatic heterocycles. The summed E-state index contributed by atoms with van der Waals surface area (Å²) >= 11 is 0. The molecule has 0 aliphatic heterocycles. The fraction of sp³-hybridized carbons (Fsp3) is 0.907. The summed E-state index contributed by atoms with van der Waals surface area (Å²) in [5.41, 5.74) is -3.36. The highest BCUT2D eigenvalue weighted by atomic mass is 16.6. The summed E-state index contributed by atoms with van der Waals surface area (Å²) < 4.78 is 28.4. The summed E-state index contributed by atoms with van der Waals surface area (Å²) in [4.78, 5) is 72.6. The van der Waals surface area contributed by atoms with Crippen LogP contribution < -0.4 is 5.32 Å². The van der Waals surface area contributed by atoms with Crippen LogP contribution in [0.1, 0.15) is 233 Å². The van der Waals surface area contributed by atoms with Crippen molar-refractivity contribution >= 4 is 30.5 Å². The van der Waals surface area contributed by atoms with Gasteiger partial charge in [-0.1, -0.05) is 90.4 Å². The molecule has 0 unspecified atom stereocenters. The van der Waals surface area contributed by atoms with Crippen LogP contribution >= 0.6 is 0 Å². The quantitative estimate of drug-likeness (QED) is 0.0508. The summed E-state index contributed by atoms with van der Waals surface area (Å²) in [5, 5.41) is 2.74. The Kier molecular flexibility index (Phi) is 32.1. The van der Waals surface area contributed by atoms with Crippen molar-refractivity contribution in [1.29, 1.82) is 0 Å². The highest BCUT2D eigenvalue weighted by molar-refractivity contribution is 5.70. The molecule has 0 heterocycles. The van der Waals surface area contributed by atoms with Crippen LogP contribution in [0, 0.1) is 0 Å². The number of alkyl carbamates (subject to hydrolysis) is 1. The second kappa shape index (κ2) is 33.8. The number of amides is 5. The van der Waals surface area contributed by atoms with Crippen molar-refractivity contribution in [3.63, 3.8) is 0 Å². The molecule has 0 atom stereocenters. The first-order valence-electron chi connectivity index (χ1n) is 26.8. The van der Waals surface area contributed by atoms with Crippen LogP contribution in [0.3, 0.4) is 0 Å². The molecule has 69 heavy (non-hydrogen) atoms. The normalized spacial score (nSPS) is 12.2. The van der Waals surface area contributed by atoms with E-state index in [9.17, 15) is 24.0 Å². The predicted octanol–water partition coefficient (Wildman–Crippen LogP) is 13.9. The largest absolute Gasteiger partial charge is 0.444 e. The zero-order valence-corrected chi connectivity index (χ0v) is 47.2. The number of rotatable bonds is 32. The number of unbranched alkanes of at least 4 members (excludes halogenated alkanes) is 14. The SMILES string of the molecule is CCCCCCCCCCCCCCCCN(CCCN(CCCN(CCCCN(CCCNC(=O)OC(C)(C)C)C(=O)OC(C)(C)C)C(=O)OC(C)(C)C)C(=O)OC(C)(C)C)C(=O)OC(C)(C)C. The highest BCUT2D eigenvalue weighted by Gasteiger charge is 2.27. The molecule has 0 saturated carbocycles. The van der Waals surface area contributed by atoms with Gasteiger partial charge in [0.1, 0.15) is 28.0 Å². The third-order valence-corrected chi connectivity index (χ3v) is 10.5. The van der Waals surface area contributed by atoms with Crippen LogP contribution in [0.4, 0.5) is 24.0 Å². The molecule has 0 rings (SSSR count). The van der Waals surface area contributed by atoms with Gasteiger partial charge in [-0.3, -0.25) is 0 Å². The first-order chi connectivity index (χ1) is 31.9. The van der Waals surface area contributed by atoms with Crippen LogP contribution in [0.5, 0.6) is 0 Å². The number of hydrogen-bond donors (Lipinski definition) is 1. The van der Waals surface area contributed by atoms with Crippen molar-refractivity contribution in [3.8, 4) is 0 Å². The number of nitrogens with zero attached hydrogens (tertiary/aromatic N) is 4. The third-order valence-electron chi connectivity index (χ3n) is 10.5. The first-order valence-corrected chi connectivity index (χ1v) is 26.8. The van der Waals surface area contributed by atoms with Crippen LogP contribution in [-0.4, -0.2) is 137 Å². The lowest BCUT2D eigenvalue weighted by atomic mass is 10.0. The summed E-state index contributed by atoms with van der Waals surface area (Å²) in [7, 11) is 0. The van der Waals surface area contributed by atoms with E-state index < -0.39 is 52.4 Å². The smallest absolute Gasteiger partial charge is 0.410 e. The molecule has 15 heteroatoms. The van der Waals surface area contributed by atoms with Crippen molar-refractivity contribution in [2.45, 2.75) is 261 Å². The lowest BCUT2D eigenvalue weighted by Gasteiger charge is -2.31. The molecular formula is C54H105N5O10. The Bertz CT molecular complexity index is 1420. The van der Waals surface area contributed by atoms with E-state index in [4.69, 9.17) is 23.7 Å². The van der Waals surface area contributed by atoms with Gasteiger partial charge in [0.2, 0.25) is 0 Å². The van der Waals surface area contributed by atoms with E-state index in [2.05, 4.69) is 12.2 Å². The van der Waals surface area contributed by atoms with Gasteiger partial charge in [0, 0.05) is 58.9 Å². The Labute approximate surface area is 421 Å². The van der Waals surface area contributed by atoms with Gasteiger partial charge in [-0.05, 0) is 142 Å². The van der Waals surface area contributed by atoms with Gasteiger partial charge < -0.3 is 48.6 Å². The van der Waals surface area contributed by atoms with E-state index in [1.165, 1.54) is 70.6 Å². The minimum atomic E-state index is -0.717. The van der Waals surface area contributed by atoms with E-state index >= 15 is 0 Å². The summed E-state index contributed by atoms with van der Waals surface area (Å²) in [6, 6.07) is 0. The summed E-state index contributed by atoms with van der Waals surface area (Å²) in [5.74, 6) is 0. The molecule has 406 valence electrons. The van der Waals surface area contributed by atoms with Crippen molar-refractivity contribution in [2.24, 2.45) is 0 Å². The molecular weight excluding hydrogens is 879 g/mol. The van der Waals surface area contributed by atoms with Gasteiger partial charge in [-0.2, -0.15) is 0 Å². The molecule has 0 fully saturated rings. The maximum Gasteiger partial charge on any atom is 0.410 e. The minimum absolute atomic E-state index is 0.322. The second-order valence-corrected chi connectivity index (χ2v) is 23.7. The molecule has 15 nitrogen and oxygen atoms in total. The van der Waals surface area contributed by atoms with E-state index in [0.717, 1.165) is 19.3 Å². The molecule has 1 N–H and O–H groups in total. The maximum atomic E-state index is 13.6. The second-order valence-electron chi connectivity index (χ2n) is 23.7. The van der Waals surface area contributed by atoms with Crippen LogP contribution in [0.25, 0.3) is 0 Å². The van der Waals surface area contributed by atoms with Gasteiger partial charge >= 0.3 is 30.5 Å². The average molecular weight is 984 g/mol. The molecule has 0 aromatic carbocycles. The molecule has 0 aliphatic carbocycles. The average Bonchev–Trinajstić information content (AvgIpc) is 3.17. The van der Waals surface area contributed by atoms with Crippen LogP contribution in [0.2, 0.25) is 0 Å². The zero-order valence-electron chi connectivity index (χ0n) is 47.2. The molecule has 0 bridgehead atoms. The summed E-state index contributed by atoms with van der Waals surface area (Å²) in [6.07, 6.45) is 18.0. The minimum Gasteiger partial charge on any atom is -0.444 e. The van der Waals surface area contributed by atoms with Crippen molar-refractivity contribution in [1.82, 2.24) is 24.9 Å². The van der Waals surface area contributed by atoms with Crippen LogP contribution in [-0.2, 0) is 23.7 Å². The molecule has 0 saturated heterocycles. The van der Waals surface area contributed by atoms with E-state index in [1.807, 2.05) is 83.1 Å². The summed E-state index contributed by atoms with van der Waals surface area (Å²) in [6.45, 7) is 33.1. The predicted molar refractivity (Wildman–Crippen MR) is 279 cm³/mol. The van der Waals surface area contributed by atoms with E-state index in [0.29, 0.717) is 91.0 Å². The topological polar surface area (TPSA) is 156 Å². The fourth-order valence-corrected chi connectivity index (χ4v) is 7.27. The Morgan fingerprint density at radius 2 is 0.522 bits per heavy atom. The molecule has 0 spiro atoms. The number of hydrogen-bond acceptors (Lipinski definition) is 10. The third kappa shape index (κ3) is 39.7. The number of carbonyl (C=O) groups excluding carboxylic acids is 5. The standard InChI is InChI=1S/C54H105N5O10/c1-17-18-19-20-21-22-23-24-25-26-27-28-29-30-37-57(47(62)67-52(8,9)10)41-34-43-59(49(64)69-54(14,15)16)44-35-42-58(48(63)68-53(11,12)13)39-32-31-38-56(46(61)66-51(5,6)7)40-33-36-55-45(60)65-50(2,3)4/h17-44H2,1-16H3,(H,55,60). The number of ether oxygens (including phenoxy) is 5. The van der Waals surface area contributed by atoms with Crippen molar-refractivity contribution < 1.29 is 47.7 Å². The number of carbonyl (C=O) groups is 5. The highest BCUT2D eigenvalue weighted by Crippen LogP contribution is 2.18. The maximum absolute atomic E-state index is 13.6. The monoisotopic (exact) mass is 984 g/mol. The Morgan fingerprint density at radius 1 is 0.304 bits per heavy atom. The molecule has 0 aromatic rings. The number of nitrogens with one attached hydrogen (secondary N) is 1. The van der Waals surface area contributed by atoms with Crippen LogP contribution in [0.15, 0.2) is 0 Å². The van der Waals surface area contributed by atoms with Crippen molar-refractivity contribution in [3.05, 3.63) is 0 Å². The fourth-order valence-electron chi connectivity index (χ4n) is 7.27. The first kappa shape index (κ1) is 65.3. The van der Waals surface area contributed by atoms with Gasteiger partial charge in [0.25, 0.3) is 0 Å². The Balaban J connectivity index is 5.61. The lowest BCUT2D eigenvalue weighted by molar-refractivity contribution is 0.0170. The zero-order chi connectivity index (χ0) is 52.7. The van der Waals surface area contributed by atoms with E-state index in [1.54, 1.807) is 40.4 Å². The van der Waals surface area contributed by atoms with E-state index in [-0.39, 0.29) is 6.09 Å². The molecule has 5 amide bonds. The Hall–Kier alpha value is -3.65.